The minimum atomic E-state index is -0.750. The fourth-order valence-electron chi connectivity index (χ4n) is 5.39. The number of piperidine rings is 1. The molecule has 9 heteroatoms. The van der Waals surface area contributed by atoms with E-state index in [4.69, 9.17) is 25.8 Å². The number of fused-ring (bicyclic) bond motifs is 2. The van der Waals surface area contributed by atoms with E-state index in [9.17, 15) is 15.0 Å². The average Bonchev–Trinajstić information content (AvgIpc) is 3.51. The third-order valence-corrected chi connectivity index (χ3v) is 7.59. The van der Waals surface area contributed by atoms with Gasteiger partial charge < -0.3 is 34.6 Å². The number of nitrogens with one attached hydrogen (secondary N) is 1. The van der Waals surface area contributed by atoms with Crippen LogP contribution in [0.25, 0.3) is 0 Å². The largest absolute Gasteiger partial charge is 0.508 e. The molecule has 0 radical (unpaired) electrons. The van der Waals surface area contributed by atoms with Gasteiger partial charge in [-0.2, -0.15) is 0 Å². The molecule has 1 amide bonds. The molecule has 2 aromatic carbocycles. The van der Waals surface area contributed by atoms with Crippen molar-refractivity contribution in [3.05, 3.63) is 58.1 Å². The van der Waals surface area contributed by atoms with Crippen molar-refractivity contribution in [2.75, 3.05) is 39.4 Å². The maximum absolute atomic E-state index is 12.7. The molecular formula is C27H33ClN2O6. The van der Waals surface area contributed by atoms with Crippen LogP contribution in [0, 0.1) is 0 Å². The number of rotatable bonds is 8. The molecule has 0 aromatic heterocycles. The Labute approximate surface area is 216 Å². The molecule has 2 fully saturated rings. The zero-order chi connectivity index (χ0) is 25.1. The number of phenols is 1. The van der Waals surface area contributed by atoms with Gasteiger partial charge in [-0.1, -0.05) is 17.7 Å². The summed E-state index contributed by atoms with van der Waals surface area (Å²) in [6.45, 7) is 3.78. The summed E-state index contributed by atoms with van der Waals surface area (Å²) < 4.78 is 17.6. The van der Waals surface area contributed by atoms with Crippen molar-refractivity contribution in [2.24, 2.45) is 0 Å². The van der Waals surface area contributed by atoms with Crippen LogP contribution in [0.4, 0.5) is 0 Å². The molecule has 3 heterocycles. The Bertz CT molecular complexity index is 1080. The van der Waals surface area contributed by atoms with Gasteiger partial charge in [0.25, 0.3) is 5.91 Å². The lowest BCUT2D eigenvalue weighted by molar-refractivity contribution is -0.0835. The van der Waals surface area contributed by atoms with Crippen molar-refractivity contribution in [1.29, 1.82) is 0 Å². The highest BCUT2D eigenvalue weighted by Gasteiger charge is 2.42. The minimum absolute atomic E-state index is 0.00498. The summed E-state index contributed by atoms with van der Waals surface area (Å²) in [6.07, 6.45) is 2.89. The first-order valence-corrected chi connectivity index (χ1v) is 13.0. The normalized spacial score (nSPS) is 21.9. The van der Waals surface area contributed by atoms with Crippen molar-refractivity contribution in [2.45, 2.75) is 50.1 Å². The first kappa shape index (κ1) is 25.3. The van der Waals surface area contributed by atoms with Crippen LogP contribution >= 0.6 is 11.6 Å². The van der Waals surface area contributed by atoms with E-state index in [1.54, 1.807) is 0 Å². The van der Waals surface area contributed by atoms with Crippen molar-refractivity contribution in [1.82, 2.24) is 10.2 Å². The van der Waals surface area contributed by atoms with E-state index in [-0.39, 0.29) is 35.7 Å². The molecule has 2 saturated heterocycles. The molecule has 36 heavy (non-hydrogen) atoms. The second-order valence-electron chi connectivity index (χ2n) is 9.88. The number of aliphatic hydroxyl groups is 1. The maximum Gasteiger partial charge on any atom is 0.255 e. The van der Waals surface area contributed by atoms with Crippen LogP contribution in [0.2, 0.25) is 5.02 Å². The lowest BCUT2D eigenvalue weighted by atomic mass is 9.84. The summed E-state index contributed by atoms with van der Waals surface area (Å²) in [5.74, 6) is -0.0600. The van der Waals surface area contributed by atoms with Gasteiger partial charge in [-0.15, -0.1) is 0 Å². The molecular weight excluding hydrogens is 484 g/mol. The second kappa shape index (κ2) is 10.9. The van der Waals surface area contributed by atoms with Gasteiger partial charge in [0.15, 0.2) is 0 Å². The van der Waals surface area contributed by atoms with Gasteiger partial charge in [-0.25, -0.2) is 0 Å². The Morgan fingerprint density at radius 2 is 2.08 bits per heavy atom. The molecule has 0 bridgehead atoms. The van der Waals surface area contributed by atoms with Crippen LogP contribution in [-0.4, -0.2) is 72.6 Å². The Morgan fingerprint density at radius 3 is 2.86 bits per heavy atom. The van der Waals surface area contributed by atoms with E-state index in [2.05, 4.69) is 16.3 Å². The van der Waals surface area contributed by atoms with Gasteiger partial charge in [0.05, 0.1) is 23.9 Å². The number of aliphatic hydroxyl groups excluding tert-OH is 1. The van der Waals surface area contributed by atoms with Crippen LogP contribution in [0.3, 0.4) is 0 Å². The van der Waals surface area contributed by atoms with Crippen LogP contribution in [-0.2, 0) is 21.7 Å². The SMILES string of the molecule is O=C(NCC1CCCO1)c1ccc(O)cc1OC[C@@H](O)CN1CCC2(CC1)OCc1cc(Cl)ccc12. The van der Waals surface area contributed by atoms with E-state index >= 15 is 0 Å². The first-order valence-electron chi connectivity index (χ1n) is 12.6. The summed E-state index contributed by atoms with van der Waals surface area (Å²) in [5, 5.41) is 24.2. The number of β-amino-alcohol motifs (C(OH)–C–C–N with tert-alkyl or cyclic N) is 1. The van der Waals surface area contributed by atoms with Crippen molar-refractivity contribution >= 4 is 17.5 Å². The molecule has 3 aliphatic rings. The van der Waals surface area contributed by atoms with E-state index in [0.29, 0.717) is 25.3 Å². The number of benzene rings is 2. The summed E-state index contributed by atoms with van der Waals surface area (Å²) in [5.41, 5.74) is 2.43. The topological polar surface area (TPSA) is 100 Å². The highest BCUT2D eigenvalue weighted by Crippen LogP contribution is 2.44. The number of amides is 1. The Hall–Kier alpha value is -2.36. The monoisotopic (exact) mass is 516 g/mol. The molecule has 0 saturated carbocycles. The lowest BCUT2D eigenvalue weighted by Gasteiger charge is -2.39. The quantitative estimate of drug-likeness (QED) is 0.495. The molecule has 194 valence electrons. The fraction of sp³-hybridized carbons (Fsp3) is 0.519. The van der Waals surface area contributed by atoms with Gasteiger partial charge >= 0.3 is 0 Å². The van der Waals surface area contributed by atoms with Crippen LogP contribution < -0.4 is 10.1 Å². The van der Waals surface area contributed by atoms with Crippen molar-refractivity contribution in [3.63, 3.8) is 0 Å². The molecule has 8 nitrogen and oxygen atoms in total. The van der Waals surface area contributed by atoms with Crippen molar-refractivity contribution in [3.8, 4) is 11.5 Å². The van der Waals surface area contributed by atoms with Crippen LogP contribution in [0.15, 0.2) is 36.4 Å². The molecule has 0 aliphatic carbocycles. The number of halogens is 1. The van der Waals surface area contributed by atoms with Gasteiger partial charge in [0.2, 0.25) is 0 Å². The zero-order valence-corrected chi connectivity index (χ0v) is 21.0. The number of carbonyl (C=O) groups is 1. The number of likely N-dealkylation sites (tertiary alicyclic amines) is 1. The number of hydrogen-bond acceptors (Lipinski definition) is 7. The van der Waals surface area contributed by atoms with E-state index < -0.39 is 6.10 Å². The molecule has 1 unspecified atom stereocenters. The predicted molar refractivity (Wildman–Crippen MR) is 135 cm³/mol. The molecule has 3 aliphatic heterocycles. The fourth-order valence-corrected chi connectivity index (χ4v) is 5.59. The number of hydrogen-bond donors (Lipinski definition) is 3. The molecule has 1 spiro atoms. The van der Waals surface area contributed by atoms with Gasteiger partial charge in [0.1, 0.15) is 24.2 Å². The number of phenolic OH excluding ortho intramolecular Hbond substituents is 1. The summed E-state index contributed by atoms with van der Waals surface area (Å²) >= 11 is 6.14. The molecule has 2 aromatic rings. The van der Waals surface area contributed by atoms with Crippen molar-refractivity contribution < 1.29 is 29.2 Å². The van der Waals surface area contributed by atoms with Gasteiger partial charge in [0, 0.05) is 43.9 Å². The number of carbonyl (C=O) groups excluding carboxylic acids is 1. The van der Waals surface area contributed by atoms with E-state index in [1.807, 2.05) is 12.1 Å². The van der Waals surface area contributed by atoms with Crippen LogP contribution in [0.1, 0.15) is 47.2 Å². The third-order valence-electron chi connectivity index (χ3n) is 7.35. The third kappa shape index (κ3) is 5.63. The first-order chi connectivity index (χ1) is 17.4. The maximum atomic E-state index is 12.7. The summed E-state index contributed by atoms with van der Waals surface area (Å²) in [7, 11) is 0. The molecule has 2 atom stereocenters. The number of ether oxygens (including phenoxy) is 3. The number of aromatic hydroxyl groups is 1. The summed E-state index contributed by atoms with van der Waals surface area (Å²) in [6, 6.07) is 10.4. The molecule has 3 N–H and O–H groups in total. The lowest BCUT2D eigenvalue weighted by Crippen LogP contribution is -2.46. The Kier molecular flexibility index (Phi) is 7.69. The minimum Gasteiger partial charge on any atom is -0.508 e. The van der Waals surface area contributed by atoms with Gasteiger partial charge in [-0.3, -0.25) is 4.79 Å². The van der Waals surface area contributed by atoms with Crippen LogP contribution in [0.5, 0.6) is 11.5 Å². The highest BCUT2D eigenvalue weighted by molar-refractivity contribution is 6.30. The predicted octanol–water partition coefficient (Wildman–Crippen LogP) is 3.22. The standard InChI is InChI=1S/C27H33ClN2O6/c28-19-3-6-24-18(12-19)16-36-27(24)7-9-30(10-8-27)15-21(32)17-35-25-13-20(31)4-5-23(25)26(33)29-14-22-2-1-11-34-22/h3-6,12-13,21-22,31-32H,1-2,7-11,14-17H2,(H,29,33)/t21-,22?/m0/s1. The highest BCUT2D eigenvalue weighted by atomic mass is 35.5. The molecule has 5 rings (SSSR count). The second-order valence-corrected chi connectivity index (χ2v) is 10.3. The average molecular weight is 517 g/mol. The van der Waals surface area contributed by atoms with Gasteiger partial charge in [-0.05, 0) is 61.1 Å². The Balaban J connectivity index is 1.12. The zero-order valence-electron chi connectivity index (χ0n) is 20.2. The van der Waals surface area contributed by atoms with E-state index in [1.165, 1.54) is 23.8 Å². The van der Waals surface area contributed by atoms with E-state index in [0.717, 1.165) is 56.0 Å². The Morgan fingerprint density at radius 1 is 1.25 bits per heavy atom. The summed E-state index contributed by atoms with van der Waals surface area (Å²) in [4.78, 5) is 14.9. The number of nitrogens with zero attached hydrogens (tertiary/aromatic N) is 1. The smallest absolute Gasteiger partial charge is 0.255 e.